The summed E-state index contributed by atoms with van der Waals surface area (Å²) in [5, 5.41) is 0. The number of carbonyl (C=O) groups is 1. The van der Waals surface area contributed by atoms with Crippen molar-refractivity contribution in [2.75, 3.05) is 25.2 Å². The van der Waals surface area contributed by atoms with Crippen LogP contribution in [-0.4, -0.2) is 32.1 Å². The average molecular weight is 219 g/mol. The number of ether oxygens (including phenoxy) is 1. The average Bonchev–Trinajstić information content (AvgIpc) is 2.56. The quantitative estimate of drug-likeness (QED) is 0.771. The van der Waals surface area contributed by atoms with Gasteiger partial charge in [0.1, 0.15) is 6.61 Å². The predicted molar refractivity (Wildman–Crippen MR) is 63.8 cm³/mol. The summed E-state index contributed by atoms with van der Waals surface area (Å²) >= 11 is 0. The summed E-state index contributed by atoms with van der Waals surface area (Å²) in [5.41, 5.74) is 2.53. The molecule has 1 aromatic rings. The highest BCUT2D eigenvalue weighted by molar-refractivity contribution is 5.85. The molecule has 0 N–H and O–H groups in total. The van der Waals surface area contributed by atoms with Crippen LogP contribution < -0.4 is 4.90 Å². The van der Waals surface area contributed by atoms with Crippen molar-refractivity contribution in [3.8, 4) is 0 Å². The van der Waals surface area contributed by atoms with Gasteiger partial charge in [0.25, 0.3) is 0 Å². The standard InChI is InChI=1S/C13H17NO2/c1-10-7-11-5-3-4-6-13(11)14(10)8-12(15)9-16-2/h3-6,10H,7-9H2,1-2H3. The maximum absolute atomic E-state index is 11.6. The van der Waals surface area contributed by atoms with E-state index in [1.807, 2.05) is 12.1 Å². The van der Waals surface area contributed by atoms with Crippen LogP contribution in [0.25, 0.3) is 0 Å². The third-order valence-corrected chi connectivity index (χ3v) is 3.00. The number of ketones is 1. The minimum absolute atomic E-state index is 0.131. The van der Waals surface area contributed by atoms with E-state index in [1.54, 1.807) is 7.11 Å². The van der Waals surface area contributed by atoms with E-state index in [0.29, 0.717) is 12.6 Å². The molecule has 0 saturated carbocycles. The molecular weight excluding hydrogens is 202 g/mol. The Bertz CT molecular complexity index is 389. The SMILES string of the molecule is COCC(=O)CN1c2ccccc2CC1C. The third kappa shape index (κ3) is 2.09. The van der Waals surface area contributed by atoms with Crippen molar-refractivity contribution in [2.45, 2.75) is 19.4 Å². The summed E-state index contributed by atoms with van der Waals surface area (Å²) in [5.74, 6) is 0.131. The first-order valence-electron chi connectivity index (χ1n) is 5.57. The molecule has 2 rings (SSSR count). The van der Waals surface area contributed by atoms with Crippen molar-refractivity contribution in [1.82, 2.24) is 0 Å². The van der Waals surface area contributed by atoms with E-state index in [-0.39, 0.29) is 12.4 Å². The number of Topliss-reactive ketones (excluding diaryl/α,β-unsaturated/α-hetero) is 1. The molecule has 0 radical (unpaired) electrons. The number of para-hydroxylation sites is 1. The van der Waals surface area contributed by atoms with E-state index in [0.717, 1.165) is 6.42 Å². The summed E-state index contributed by atoms with van der Waals surface area (Å²) in [6, 6.07) is 8.68. The van der Waals surface area contributed by atoms with Gasteiger partial charge in [0, 0.05) is 18.8 Å². The van der Waals surface area contributed by atoms with Crippen molar-refractivity contribution >= 4 is 11.5 Å². The summed E-state index contributed by atoms with van der Waals surface area (Å²) in [6.45, 7) is 2.80. The minimum Gasteiger partial charge on any atom is -0.377 e. The van der Waals surface area contributed by atoms with Gasteiger partial charge in [0.2, 0.25) is 0 Å². The molecule has 1 heterocycles. The largest absolute Gasteiger partial charge is 0.377 e. The van der Waals surface area contributed by atoms with Crippen molar-refractivity contribution in [3.05, 3.63) is 29.8 Å². The first-order valence-corrected chi connectivity index (χ1v) is 5.57. The molecule has 1 aromatic carbocycles. The summed E-state index contributed by atoms with van der Waals surface area (Å²) in [6.07, 6.45) is 1.02. The molecule has 0 saturated heterocycles. The van der Waals surface area contributed by atoms with E-state index in [9.17, 15) is 4.79 Å². The lowest BCUT2D eigenvalue weighted by molar-refractivity contribution is -0.121. The van der Waals surface area contributed by atoms with Gasteiger partial charge in [-0.2, -0.15) is 0 Å². The first-order chi connectivity index (χ1) is 7.72. The molecule has 0 bridgehead atoms. The molecule has 1 aliphatic rings. The maximum Gasteiger partial charge on any atom is 0.177 e. The molecule has 0 amide bonds. The Morgan fingerprint density at radius 2 is 2.25 bits per heavy atom. The topological polar surface area (TPSA) is 29.5 Å². The van der Waals surface area contributed by atoms with Gasteiger partial charge in [-0.1, -0.05) is 18.2 Å². The number of hydrogen-bond acceptors (Lipinski definition) is 3. The van der Waals surface area contributed by atoms with Gasteiger partial charge in [0.05, 0.1) is 6.54 Å². The second kappa shape index (κ2) is 4.66. The molecule has 1 unspecified atom stereocenters. The van der Waals surface area contributed by atoms with Crippen molar-refractivity contribution in [1.29, 1.82) is 0 Å². The molecule has 1 atom stereocenters. The Balaban J connectivity index is 2.13. The van der Waals surface area contributed by atoms with Crippen LogP contribution in [0.5, 0.6) is 0 Å². The summed E-state index contributed by atoms with van der Waals surface area (Å²) in [7, 11) is 1.55. The number of methoxy groups -OCH3 is 1. The van der Waals surface area contributed by atoms with Gasteiger partial charge < -0.3 is 9.64 Å². The molecule has 3 heteroatoms. The van der Waals surface area contributed by atoms with Crippen LogP contribution in [0, 0.1) is 0 Å². The number of carbonyl (C=O) groups excluding carboxylic acids is 1. The Kier molecular flexibility index (Phi) is 3.25. The Morgan fingerprint density at radius 1 is 1.50 bits per heavy atom. The van der Waals surface area contributed by atoms with Gasteiger partial charge in [-0.05, 0) is 25.0 Å². The second-order valence-electron chi connectivity index (χ2n) is 4.28. The third-order valence-electron chi connectivity index (χ3n) is 3.00. The van der Waals surface area contributed by atoms with E-state index in [4.69, 9.17) is 4.74 Å². The number of hydrogen-bond donors (Lipinski definition) is 0. The van der Waals surface area contributed by atoms with Crippen LogP contribution in [-0.2, 0) is 16.0 Å². The lowest BCUT2D eigenvalue weighted by atomic mass is 10.1. The van der Waals surface area contributed by atoms with Crippen molar-refractivity contribution in [3.63, 3.8) is 0 Å². The fourth-order valence-corrected chi connectivity index (χ4v) is 2.27. The van der Waals surface area contributed by atoms with Gasteiger partial charge in [-0.25, -0.2) is 0 Å². The molecule has 86 valence electrons. The zero-order valence-electron chi connectivity index (χ0n) is 9.77. The van der Waals surface area contributed by atoms with E-state index in [1.165, 1.54) is 11.3 Å². The monoisotopic (exact) mass is 219 g/mol. The zero-order chi connectivity index (χ0) is 11.5. The van der Waals surface area contributed by atoms with Crippen LogP contribution >= 0.6 is 0 Å². The van der Waals surface area contributed by atoms with Crippen LogP contribution in [0.2, 0.25) is 0 Å². The molecule has 16 heavy (non-hydrogen) atoms. The van der Waals surface area contributed by atoms with Crippen LogP contribution in [0.1, 0.15) is 12.5 Å². The molecule has 0 fully saturated rings. The van der Waals surface area contributed by atoms with E-state index in [2.05, 4.69) is 24.0 Å². The molecular formula is C13H17NO2. The lowest BCUT2D eigenvalue weighted by Gasteiger charge is -2.23. The van der Waals surface area contributed by atoms with Crippen molar-refractivity contribution in [2.24, 2.45) is 0 Å². The Hall–Kier alpha value is -1.35. The highest BCUT2D eigenvalue weighted by atomic mass is 16.5. The summed E-state index contributed by atoms with van der Waals surface area (Å²) in [4.78, 5) is 13.8. The lowest BCUT2D eigenvalue weighted by Crippen LogP contribution is -2.35. The van der Waals surface area contributed by atoms with Crippen LogP contribution in [0.3, 0.4) is 0 Å². The number of benzene rings is 1. The number of anilines is 1. The predicted octanol–water partition coefficient (Wildman–Crippen LogP) is 1.65. The number of rotatable bonds is 4. The van der Waals surface area contributed by atoms with Crippen molar-refractivity contribution < 1.29 is 9.53 Å². The van der Waals surface area contributed by atoms with Gasteiger partial charge in [-0.15, -0.1) is 0 Å². The molecule has 0 aromatic heterocycles. The van der Waals surface area contributed by atoms with Crippen LogP contribution in [0.4, 0.5) is 5.69 Å². The Morgan fingerprint density at radius 3 is 3.00 bits per heavy atom. The highest BCUT2D eigenvalue weighted by Gasteiger charge is 2.26. The minimum atomic E-state index is 0.131. The molecule has 0 spiro atoms. The van der Waals surface area contributed by atoms with E-state index >= 15 is 0 Å². The smallest absolute Gasteiger partial charge is 0.177 e. The fraction of sp³-hybridized carbons (Fsp3) is 0.462. The number of fused-ring (bicyclic) bond motifs is 1. The molecule has 3 nitrogen and oxygen atoms in total. The normalized spacial score (nSPS) is 18.6. The Labute approximate surface area is 96.0 Å². The van der Waals surface area contributed by atoms with Crippen LogP contribution in [0.15, 0.2) is 24.3 Å². The highest BCUT2D eigenvalue weighted by Crippen LogP contribution is 2.31. The van der Waals surface area contributed by atoms with E-state index < -0.39 is 0 Å². The van der Waals surface area contributed by atoms with Gasteiger partial charge >= 0.3 is 0 Å². The molecule has 1 aliphatic heterocycles. The van der Waals surface area contributed by atoms with Gasteiger partial charge in [0.15, 0.2) is 5.78 Å². The maximum atomic E-state index is 11.6. The first kappa shape index (κ1) is 11.1. The summed E-state index contributed by atoms with van der Waals surface area (Å²) < 4.78 is 4.86. The second-order valence-corrected chi connectivity index (χ2v) is 4.28. The zero-order valence-corrected chi connectivity index (χ0v) is 9.77. The number of nitrogens with zero attached hydrogens (tertiary/aromatic N) is 1. The fourth-order valence-electron chi connectivity index (χ4n) is 2.27. The van der Waals surface area contributed by atoms with Gasteiger partial charge in [-0.3, -0.25) is 4.79 Å². The molecule has 0 aliphatic carbocycles.